The quantitative estimate of drug-likeness (QED) is 0.703. The molecule has 0 spiro atoms. The molecule has 0 aromatic heterocycles. The number of aromatic hydroxyl groups is 1. The van der Waals surface area contributed by atoms with Gasteiger partial charge in [-0.25, -0.2) is 0 Å². The van der Waals surface area contributed by atoms with Gasteiger partial charge in [0.05, 0.1) is 20.6 Å². The molecule has 0 unspecified atom stereocenters. The van der Waals surface area contributed by atoms with Gasteiger partial charge in [-0.3, -0.25) is 18.8 Å². The van der Waals surface area contributed by atoms with Gasteiger partial charge < -0.3 is 5.11 Å². The molecule has 0 bridgehead atoms. The lowest BCUT2D eigenvalue weighted by Crippen LogP contribution is -2.29. The van der Waals surface area contributed by atoms with Crippen LogP contribution in [0.5, 0.6) is 5.75 Å². The zero-order chi connectivity index (χ0) is 16.1. The molecule has 0 atom stereocenters. The zero-order valence-electron chi connectivity index (χ0n) is 11.0. The molecule has 1 heterocycles. The molecule has 3 rings (SSSR count). The van der Waals surface area contributed by atoms with Gasteiger partial charge in [0.25, 0.3) is 5.91 Å². The number of benzene rings is 2. The Hall–Kier alpha value is -1.44. The molecule has 1 aliphatic rings. The van der Waals surface area contributed by atoms with Crippen molar-refractivity contribution in [1.29, 1.82) is 0 Å². The maximum Gasteiger partial charge on any atom is 0.259 e. The smallest absolute Gasteiger partial charge is 0.259 e. The number of para-hydroxylation sites is 1. The van der Waals surface area contributed by atoms with Gasteiger partial charge in [0.2, 0.25) is 0 Å². The monoisotopic (exact) mass is 359 g/mol. The number of nitrogens with zero attached hydrogens (tertiary/aromatic N) is 1. The van der Waals surface area contributed by atoms with Crippen LogP contribution in [0.15, 0.2) is 41.3 Å². The highest BCUT2D eigenvalue weighted by atomic mass is 35.5. The minimum Gasteiger partial charge on any atom is -0.505 e. The van der Waals surface area contributed by atoms with E-state index in [1.165, 1.54) is 17.0 Å². The van der Waals surface area contributed by atoms with E-state index >= 15 is 0 Å². The van der Waals surface area contributed by atoms with E-state index in [9.17, 15) is 19.0 Å². The second kappa shape index (κ2) is 5.33. The van der Waals surface area contributed by atoms with Crippen molar-refractivity contribution in [2.75, 3.05) is 10.8 Å². The minimum absolute atomic E-state index is 0.0464. The fraction of sp³-hybridized carbons (Fsp3) is 0.0714. The summed E-state index contributed by atoms with van der Waals surface area (Å²) in [6, 6.07) is 9.17. The molecular formula is C14H11Cl2NO4S. The Balaban J connectivity index is 2.04. The molecule has 116 valence electrons. The fourth-order valence-electron chi connectivity index (χ4n) is 2.29. The summed E-state index contributed by atoms with van der Waals surface area (Å²) < 4.78 is 20.2. The first-order valence-corrected chi connectivity index (χ1v) is 8.63. The van der Waals surface area contributed by atoms with Crippen LogP contribution in [-0.2, 0) is 0 Å². The van der Waals surface area contributed by atoms with E-state index in [0.717, 1.165) is 0 Å². The van der Waals surface area contributed by atoms with Gasteiger partial charge in [-0.05, 0) is 24.3 Å². The standard InChI is InChI=1S/C14H11Cl2NO4S/c15-9-5-8(6-10(16)13(9)18)14(19)17-7-22(20,21)12-4-2-1-3-11(12)17/h1-6,18,20-21H,7H2. The summed E-state index contributed by atoms with van der Waals surface area (Å²) in [6.07, 6.45) is 0. The van der Waals surface area contributed by atoms with Crippen molar-refractivity contribution >= 4 is 45.4 Å². The van der Waals surface area contributed by atoms with E-state index in [1.807, 2.05) is 0 Å². The van der Waals surface area contributed by atoms with E-state index < -0.39 is 16.5 Å². The number of rotatable bonds is 1. The van der Waals surface area contributed by atoms with Crippen molar-refractivity contribution in [2.45, 2.75) is 4.90 Å². The van der Waals surface area contributed by atoms with Crippen LogP contribution in [0.4, 0.5) is 5.69 Å². The number of anilines is 1. The molecule has 0 aliphatic carbocycles. The number of phenolic OH excluding ortho intramolecular Hbond substituents is 1. The summed E-state index contributed by atoms with van der Waals surface area (Å²) in [4.78, 5) is 14.2. The number of fused-ring (bicyclic) bond motifs is 1. The number of hydrogen-bond acceptors (Lipinski definition) is 4. The molecule has 3 N–H and O–H groups in total. The predicted octanol–water partition coefficient (Wildman–Crippen LogP) is 4.43. The second-order valence-corrected chi connectivity index (χ2v) is 7.63. The first kappa shape index (κ1) is 15.5. The average molecular weight is 360 g/mol. The molecule has 1 aliphatic heterocycles. The lowest BCUT2D eigenvalue weighted by molar-refractivity contribution is 0.0991. The first-order valence-electron chi connectivity index (χ1n) is 6.16. The summed E-state index contributed by atoms with van der Waals surface area (Å²) in [6.45, 7) is 0. The number of halogens is 2. The molecule has 0 fully saturated rings. The van der Waals surface area contributed by atoms with Crippen LogP contribution in [0, 0.1) is 0 Å². The molecule has 5 nitrogen and oxygen atoms in total. The first-order chi connectivity index (χ1) is 10.3. The van der Waals surface area contributed by atoms with Gasteiger partial charge in [-0.1, -0.05) is 35.3 Å². The van der Waals surface area contributed by atoms with Crippen LogP contribution < -0.4 is 4.90 Å². The van der Waals surface area contributed by atoms with Crippen LogP contribution in [-0.4, -0.2) is 26.0 Å². The van der Waals surface area contributed by atoms with Crippen LogP contribution in [0.25, 0.3) is 0 Å². The summed E-state index contributed by atoms with van der Waals surface area (Å²) in [5, 5.41) is 9.46. The molecule has 0 radical (unpaired) electrons. The van der Waals surface area contributed by atoms with E-state index in [-0.39, 0.29) is 27.2 Å². The third kappa shape index (κ3) is 2.43. The number of carbonyl (C=O) groups excluding carboxylic acids is 1. The maximum absolute atomic E-state index is 12.6. The number of hydrogen-bond donors (Lipinski definition) is 3. The van der Waals surface area contributed by atoms with Crippen molar-refractivity contribution in [1.82, 2.24) is 0 Å². The summed E-state index contributed by atoms with van der Waals surface area (Å²) in [7, 11) is -3.05. The SMILES string of the molecule is O=C(c1cc(Cl)c(O)c(Cl)c1)N1CS(O)(O)c2ccccc21. The van der Waals surface area contributed by atoms with Gasteiger partial charge in [0.1, 0.15) is 5.88 Å². The summed E-state index contributed by atoms with van der Waals surface area (Å²) in [5.41, 5.74) is 0.590. The number of phenols is 1. The minimum atomic E-state index is -3.05. The van der Waals surface area contributed by atoms with Crippen LogP contribution in [0.2, 0.25) is 10.0 Å². The Morgan fingerprint density at radius 3 is 2.36 bits per heavy atom. The van der Waals surface area contributed by atoms with E-state index in [2.05, 4.69) is 0 Å². The Labute approximate surface area is 138 Å². The lowest BCUT2D eigenvalue weighted by Gasteiger charge is -2.27. The predicted molar refractivity (Wildman–Crippen MR) is 87.4 cm³/mol. The second-order valence-electron chi connectivity index (χ2n) is 4.79. The van der Waals surface area contributed by atoms with Gasteiger partial charge >= 0.3 is 0 Å². The van der Waals surface area contributed by atoms with Crippen molar-refractivity contribution < 1.29 is 19.0 Å². The highest BCUT2D eigenvalue weighted by Crippen LogP contribution is 2.58. The third-order valence-corrected chi connectivity index (χ3v) is 5.57. The molecular weight excluding hydrogens is 349 g/mol. The highest BCUT2D eigenvalue weighted by molar-refractivity contribution is 8.24. The molecule has 1 amide bonds. The zero-order valence-corrected chi connectivity index (χ0v) is 13.4. The van der Waals surface area contributed by atoms with Crippen molar-refractivity contribution in [3.05, 3.63) is 52.0 Å². The maximum atomic E-state index is 12.6. The molecule has 22 heavy (non-hydrogen) atoms. The van der Waals surface area contributed by atoms with Crippen LogP contribution >= 0.6 is 33.8 Å². The summed E-state index contributed by atoms with van der Waals surface area (Å²) >= 11 is 11.7. The van der Waals surface area contributed by atoms with Crippen molar-refractivity contribution in [3.8, 4) is 5.75 Å². The molecule has 2 aromatic carbocycles. The average Bonchev–Trinajstić information content (AvgIpc) is 2.76. The summed E-state index contributed by atoms with van der Waals surface area (Å²) in [5.74, 6) is -0.999. The van der Waals surface area contributed by atoms with Crippen LogP contribution in [0.3, 0.4) is 0 Å². The largest absolute Gasteiger partial charge is 0.505 e. The van der Waals surface area contributed by atoms with Crippen LogP contribution in [0.1, 0.15) is 10.4 Å². The van der Waals surface area contributed by atoms with E-state index in [0.29, 0.717) is 10.6 Å². The normalized spacial score (nSPS) is 17.2. The Kier molecular flexibility index (Phi) is 3.74. The van der Waals surface area contributed by atoms with Crippen molar-refractivity contribution in [2.24, 2.45) is 0 Å². The number of amides is 1. The number of carbonyl (C=O) groups is 1. The highest BCUT2D eigenvalue weighted by Gasteiger charge is 2.36. The molecule has 0 saturated heterocycles. The van der Waals surface area contributed by atoms with Gasteiger partial charge in [-0.15, -0.1) is 10.6 Å². The van der Waals surface area contributed by atoms with Gasteiger partial charge in [-0.2, -0.15) is 0 Å². The Morgan fingerprint density at radius 2 is 1.73 bits per heavy atom. The Bertz CT molecular complexity index is 758. The fourth-order valence-corrected chi connectivity index (χ4v) is 4.34. The lowest BCUT2D eigenvalue weighted by atomic mass is 10.1. The van der Waals surface area contributed by atoms with E-state index in [4.69, 9.17) is 23.2 Å². The topological polar surface area (TPSA) is 81.0 Å². The van der Waals surface area contributed by atoms with E-state index in [1.54, 1.807) is 24.3 Å². The third-order valence-electron chi connectivity index (χ3n) is 3.33. The van der Waals surface area contributed by atoms with Gasteiger partial charge in [0, 0.05) is 5.56 Å². The Morgan fingerprint density at radius 1 is 1.14 bits per heavy atom. The molecule has 8 heteroatoms. The molecule has 2 aromatic rings. The van der Waals surface area contributed by atoms with Crippen molar-refractivity contribution in [3.63, 3.8) is 0 Å². The molecule has 0 saturated carbocycles. The van der Waals surface area contributed by atoms with Gasteiger partial charge in [0.15, 0.2) is 5.75 Å².